The van der Waals surface area contributed by atoms with Crippen LogP contribution in [0.3, 0.4) is 0 Å². The standard InChI is InChI=1S/C16H22N2O/c1-3-4-5-8-11-16(2)12-18-14-10-7-6-9-13(14)17-15(18)19-16/h6-7,9-10H,3-5,8,11-12H2,1-2H3. The van der Waals surface area contributed by atoms with Crippen LogP contribution in [0.25, 0.3) is 11.0 Å². The molecule has 1 aliphatic rings. The summed E-state index contributed by atoms with van der Waals surface area (Å²) in [5.74, 6) is 0. The summed E-state index contributed by atoms with van der Waals surface area (Å²) in [6.07, 6.45) is 6.27. The van der Waals surface area contributed by atoms with Crippen molar-refractivity contribution < 1.29 is 4.74 Å². The van der Waals surface area contributed by atoms with Gasteiger partial charge in [-0.3, -0.25) is 4.57 Å². The van der Waals surface area contributed by atoms with E-state index >= 15 is 0 Å². The average Bonchev–Trinajstić information content (AvgIpc) is 2.88. The number of para-hydroxylation sites is 2. The summed E-state index contributed by atoms with van der Waals surface area (Å²) >= 11 is 0. The minimum atomic E-state index is -0.0693. The molecule has 0 radical (unpaired) electrons. The third-order valence-corrected chi connectivity index (χ3v) is 4.01. The Labute approximate surface area is 114 Å². The zero-order valence-corrected chi connectivity index (χ0v) is 11.9. The molecule has 3 heteroatoms. The van der Waals surface area contributed by atoms with E-state index in [0.29, 0.717) is 0 Å². The lowest BCUT2D eigenvalue weighted by Crippen LogP contribution is -2.31. The molecule has 0 fully saturated rings. The quantitative estimate of drug-likeness (QED) is 0.753. The minimum absolute atomic E-state index is 0.0693. The second kappa shape index (κ2) is 4.87. The molecular formula is C16H22N2O. The maximum absolute atomic E-state index is 6.11. The Kier molecular flexibility index (Phi) is 3.21. The molecule has 3 rings (SSSR count). The van der Waals surface area contributed by atoms with Crippen LogP contribution in [-0.2, 0) is 6.54 Å². The summed E-state index contributed by atoms with van der Waals surface area (Å²) in [6.45, 7) is 5.38. The summed E-state index contributed by atoms with van der Waals surface area (Å²) in [5.41, 5.74) is 2.15. The lowest BCUT2D eigenvalue weighted by Gasteiger charge is -2.22. The molecule has 3 nitrogen and oxygen atoms in total. The van der Waals surface area contributed by atoms with Crippen molar-refractivity contribution in [2.45, 2.75) is 58.1 Å². The Bertz CT molecular complexity index is 575. The largest absolute Gasteiger partial charge is 0.456 e. The Hall–Kier alpha value is -1.51. The van der Waals surface area contributed by atoms with Gasteiger partial charge in [0.1, 0.15) is 5.60 Å². The number of fused-ring (bicyclic) bond motifs is 3. The van der Waals surface area contributed by atoms with Crippen LogP contribution in [0.5, 0.6) is 6.01 Å². The topological polar surface area (TPSA) is 27.1 Å². The maximum atomic E-state index is 6.11. The Balaban J connectivity index is 1.73. The van der Waals surface area contributed by atoms with Gasteiger partial charge in [-0.15, -0.1) is 0 Å². The molecule has 1 unspecified atom stereocenters. The molecule has 1 aliphatic heterocycles. The Morgan fingerprint density at radius 2 is 2.11 bits per heavy atom. The van der Waals surface area contributed by atoms with Crippen molar-refractivity contribution in [2.75, 3.05) is 0 Å². The highest BCUT2D eigenvalue weighted by Crippen LogP contribution is 2.35. The van der Waals surface area contributed by atoms with Gasteiger partial charge in [0.2, 0.25) is 0 Å². The zero-order chi connectivity index (χ0) is 13.3. The van der Waals surface area contributed by atoms with Crippen molar-refractivity contribution in [3.8, 4) is 6.01 Å². The van der Waals surface area contributed by atoms with Gasteiger partial charge >= 0.3 is 0 Å². The van der Waals surface area contributed by atoms with Crippen LogP contribution in [0.15, 0.2) is 24.3 Å². The van der Waals surface area contributed by atoms with E-state index in [-0.39, 0.29) is 5.60 Å². The van der Waals surface area contributed by atoms with Crippen molar-refractivity contribution in [3.63, 3.8) is 0 Å². The normalized spacial score (nSPS) is 21.6. The zero-order valence-electron chi connectivity index (χ0n) is 11.9. The second-order valence-corrected chi connectivity index (χ2v) is 5.83. The predicted octanol–water partition coefficient (Wildman–Crippen LogP) is 4.16. The highest BCUT2D eigenvalue weighted by atomic mass is 16.5. The molecule has 2 heterocycles. The third-order valence-electron chi connectivity index (χ3n) is 4.01. The van der Waals surface area contributed by atoms with Crippen LogP contribution in [-0.4, -0.2) is 15.2 Å². The predicted molar refractivity (Wildman–Crippen MR) is 77.5 cm³/mol. The van der Waals surface area contributed by atoms with Gasteiger partial charge in [0.25, 0.3) is 6.01 Å². The average molecular weight is 258 g/mol. The van der Waals surface area contributed by atoms with Gasteiger partial charge < -0.3 is 4.74 Å². The molecule has 0 saturated heterocycles. The lowest BCUT2D eigenvalue weighted by molar-refractivity contribution is 0.0958. The number of ether oxygens (including phenoxy) is 1. The van der Waals surface area contributed by atoms with Crippen LogP contribution >= 0.6 is 0 Å². The summed E-state index contributed by atoms with van der Waals surface area (Å²) in [6, 6.07) is 9.04. The molecule has 0 amide bonds. The monoisotopic (exact) mass is 258 g/mol. The molecule has 0 N–H and O–H groups in total. The SMILES string of the molecule is CCCCCCC1(C)Cn2c(nc3ccccc32)O1. The summed E-state index contributed by atoms with van der Waals surface area (Å²) in [7, 11) is 0. The second-order valence-electron chi connectivity index (χ2n) is 5.83. The molecule has 0 saturated carbocycles. The molecule has 1 atom stereocenters. The van der Waals surface area contributed by atoms with Crippen molar-refractivity contribution in [2.24, 2.45) is 0 Å². The third kappa shape index (κ3) is 2.34. The maximum Gasteiger partial charge on any atom is 0.298 e. The molecule has 2 aromatic rings. The van der Waals surface area contributed by atoms with E-state index in [2.05, 4.69) is 35.5 Å². The Morgan fingerprint density at radius 3 is 2.95 bits per heavy atom. The van der Waals surface area contributed by atoms with E-state index in [1.54, 1.807) is 0 Å². The van der Waals surface area contributed by atoms with E-state index in [1.807, 2.05) is 12.1 Å². The molecule has 0 aliphatic carbocycles. The van der Waals surface area contributed by atoms with E-state index in [9.17, 15) is 0 Å². The van der Waals surface area contributed by atoms with Gasteiger partial charge in [0, 0.05) is 0 Å². The van der Waals surface area contributed by atoms with Crippen molar-refractivity contribution in [1.82, 2.24) is 9.55 Å². The van der Waals surface area contributed by atoms with Gasteiger partial charge in [-0.25, -0.2) is 0 Å². The fourth-order valence-corrected chi connectivity index (χ4v) is 2.93. The van der Waals surface area contributed by atoms with E-state index in [1.165, 1.54) is 31.2 Å². The van der Waals surface area contributed by atoms with Gasteiger partial charge in [-0.05, 0) is 31.9 Å². The summed E-state index contributed by atoms with van der Waals surface area (Å²) in [4.78, 5) is 4.57. The van der Waals surface area contributed by atoms with Crippen LogP contribution in [0.4, 0.5) is 0 Å². The number of benzene rings is 1. The fourth-order valence-electron chi connectivity index (χ4n) is 2.93. The smallest absolute Gasteiger partial charge is 0.298 e. The first-order valence-corrected chi connectivity index (χ1v) is 7.36. The lowest BCUT2D eigenvalue weighted by atomic mass is 9.98. The van der Waals surface area contributed by atoms with Gasteiger partial charge in [-0.2, -0.15) is 4.98 Å². The van der Waals surface area contributed by atoms with Crippen LogP contribution in [0.2, 0.25) is 0 Å². The summed E-state index contributed by atoms with van der Waals surface area (Å²) in [5, 5.41) is 0. The van der Waals surface area contributed by atoms with Crippen LogP contribution in [0, 0.1) is 0 Å². The fraction of sp³-hybridized carbons (Fsp3) is 0.562. The number of rotatable bonds is 5. The van der Waals surface area contributed by atoms with Crippen LogP contribution < -0.4 is 4.74 Å². The summed E-state index contributed by atoms with van der Waals surface area (Å²) < 4.78 is 8.33. The first-order chi connectivity index (χ1) is 9.22. The van der Waals surface area contributed by atoms with Gasteiger partial charge in [0.15, 0.2) is 0 Å². The van der Waals surface area contributed by atoms with Gasteiger partial charge in [-0.1, -0.05) is 38.3 Å². The number of nitrogens with zero attached hydrogens (tertiary/aromatic N) is 2. The number of unbranched alkanes of at least 4 members (excludes halogenated alkanes) is 3. The van der Waals surface area contributed by atoms with Crippen LogP contribution in [0.1, 0.15) is 46.0 Å². The minimum Gasteiger partial charge on any atom is -0.456 e. The molecule has 102 valence electrons. The molecular weight excluding hydrogens is 236 g/mol. The molecule has 0 bridgehead atoms. The first kappa shape index (κ1) is 12.5. The van der Waals surface area contributed by atoms with E-state index in [4.69, 9.17) is 4.74 Å². The number of aromatic nitrogens is 2. The van der Waals surface area contributed by atoms with Crippen molar-refractivity contribution in [1.29, 1.82) is 0 Å². The highest BCUT2D eigenvalue weighted by molar-refractivity contribution is 5.77. The highest BCUT2D eigenvalue weighted by Gasteiger charge is 2.36. The van der Waals surface area contributed by atoms with E-state index in [0.717, 1.165) is 24.5 Å². The number of hydrogen-bond donors (Lipinski definition) is 0. The number of imidazole rings is 1. The van der Waals surface area contributed by atoms with Gasteiger partial charge in [0.05, 0.1) is 17.6 Å². The molecule has 0 spiro atoms. The number of hydrogen-bond acceptors (Lipinski definition) is 2. The Morgan fingerprint density at radius 1 is 1.26 bits per heavy atom. The molecule has 1 aromatic carbocycles. The molecule has 19 heavy (non-hydrogen) atoms. The molecule has 1 aromatic heterocycles. The van der Waals surface area contributed by atoms with Crippen molar-refractivity contribution in [3.05, 3.63) is 24.3 Å². The first-order valence-electron chi connectivity index (χ1n) is 7.36. The van der Waals surface area contributed by atoms with Crippen molar-refractivity contribution >= 4 is 11.0 Å². The van der Waals surface area contributed by atoms with E-state index < -0.39 is 0 Å².